The molecule has 0 aliphatic carbocycles. The summed E-state index contributed by atoms with van der Waals surface area (Å²) >= 11 is 6.01. The van der Waals surface area contributed by atoms with Crippen molar-refractivity contribution in [2.75, 3.05) is 26.2 Å². The maximum Gasteiger partial charge on any atom is 0.243 e. The number of nitrogens with one attached hydrogen (secondary N) is 1. The predicted molar refractivity (Wildman–Crippen MR) is 93.5 cm³/mol. The number of benzene rings is 1. The molecule has 1 aliphatic heterocycles. The van der Waals surface area contributed by atoms with Gasteiger partial charge in [-0.3, -0.25) is 4.90 Å². The van der Waals surface area contributed by atoms with Gasteiger partial charge < -0.3 is 4.98 Å². The van der Waals surface area contributed by atoms with Gasteiger partial charge in [0.1, 0.15) is 5.82 Å². The second kappa shape index (κ2) is 6.84. The van der Waals surface area contributed by atoms with E-state index in [9.17, 15) is 8.42 Å². The van der Waals surface area contributed by atoms with E-state index in [-0.39, 0.29) is 10.9 Å². The minimum atomic E-state index is -3.59. The zero-order chi connectivity index (χ0) is 17.3. The van der Waals surface area contributed by atoms with Gasteiger partial charge in [0.25, 0.3) is 0 Å². The summed E-state index contributed by atoms with van der Waals surface area (Å²) in [5, 5.41) is 0.425. The number of hydrogen-bond acceptors (Lipinski definition) is 4. The smallest absolute Gasteiger partial charge is 0.243 e. The summed E-state index contributed by atoms with van der Waals surface area (Å²) < 4.78 is 27.7. The van der Waals surface area contributed by atoms with Crippen LogP contribution in [0.1, 0.15) is 24.4 Å². The van der Waals surface area contributed by atoms with E-state index in [0.717, 1.165) is 12.4 Å². The zero-order valence-electron chi connectivity index (χ0n) is 13.7. The summed E-state index contributed by atoms with van der Waals surface area (Å²) in [6.07, 6.45) is 3.45. The predicted octanol–water partition coefficient (Wildman–Crippen LogP) is 2.44. The number of sulfonamides is 1. The van der Waals surface area contributed by atoms with E-state index >= 15 is 0 Å². The highest BCUT2D eigenvalue weighted by atomic mass is 35.5. The molecule has 24 heavy (non-hydrogen) atoms. The fourth-order valence-electron chi connectivity index (χ4n) is 3.10. The molecular formula is C16H21ClN4O2S. The van der Waals surface area contributed by atoms with Crippen LogP contribution in [0.5, 0.6) is 0 Å². The number of H-pyrrole nitrogens is 1. The van der Waals surface area contributed by atoms with Crippen LogP contribution in [0.4, 0.5) is 0 Å². The topological polar surface area (TPSA) is 69.3 Å². The van der Waals surface area contributed by atoms with Gasteiger partial charge in [-0.2, -0.15) is 4.31 Å². The molecule has 1 fully saturated rings. The van der Waals surface area contributed by atoms with Crippen LogP contribution in [0.3, 0.4) is 0 Å². The van der Waals surface area contributed by atoms with Crippen LogP contribution in [-0.2, 0) is 10.0 Å². The molecule has 2 aromatic rings. The Hall–Kier alpha value is -1.41. The van der Waals surface area contributed by atoms with Crippen LogP contribution in [0, 0.1) is 6.92 Å². The van der Waals surface area contributed by atoms with Crippen molar-refractivity contribution in [2.24, 2.45) is 0 Å². The van der Waals surface area contributed by atoms with Gasteiger partial charge in [0.15, 0.2) is 0 Å². The van der Waals surface area contributed by atoms with Crippen LogP contribution in [-0.4, -0.2) is 53.8 Å². The van der Waals surface area contributed by atoms with Crippen molar-refractivity contribution in [1.82, 2.24) is 19.2 Å². The third kappa shape index (κ3) is 3.21. The molecule has 1 atom stereocenters. The van der Waals surface area contributed by atoms with E-state index in [0.29, 0.717) is 30.2 Å². The Morgan fingerprint density at radius 2 is 2.17 bits per heavy atom. The molecule has 1 N–H and O–H groups in total. The van der Waals surface area contributed by atoms with Crippen molar-refractivity contribution in [3.63, 3.8) is 0 Å². The molecule has 0 spiro atoms. The molecule has 0 saturated carbocycles. The van der Waals surface area contributed by atoms with E-state index < -0.39 is 10.0 Å². The van der Waals surface area contributed by atoms with Crippen molar-refractivity contribution < 1.29 is 8.42 Å². The second-order valence-corrected chi connectivity index (χ2v) is 8.23. The maximum atomic E-state index is 13.1. The lowest BCUT2D eigenvalue weighted by molar-refractivity contribution is 0.119. The number of likely N-dealkylation sites (N-methyl/N-ethyl adjacent to an activating group) is 1. The monoisotopic (exact) mass is 368 g/mol. The normalized spacial score (nSPS) is 20.4. The summed E-state index contributed by atoms with van der Waals surface area (Å²) in [4.78, 5) is 9.94. The molecule has 1 aliphatic rings. The lowest BCUT2D eigenvalue weighted by Crippen LogP contribution is -2.50. The van der Waals surface area contributed by atoms with E-state index in [1.54, 1.807) is 31.5 Å². The highest BCUT2D eigenvalue weighted by Crippen LogP contribution is 2.29. The molecule has 0 amide bonds. The van der Waals surface area contributed by atoms with Crippen molar-refractivity contribution in [1.29, 1.82) is 0 Å². The van der Waals surface area contributed by atoms with E-state index in [1.165, 1.54) is 10.4 Å². The fourth-order valence-corrected chi connectivity index (χ4v) is 5.03. The maximum absolute atomic E-state index is 13.1. The number of nitrogens with zero attached hydrogens (tertiary/aromatic N) is 3. The summed E-state index contributed by atoms with van der Waals surface area (Å²) in [5.41, 5.74) is 0.701. The summed E-state index contributed by atoms with van der Waals surface area (Å²) in [5.74, 6) is 0.791. The van der Waals surface area contributed by atoms with Gasteiger partial charge in [0, 0.05) is 37.1 Å². The van der Waals surface area contributed by atoms with Crippen LogP contribution in [0.15, 0.2) is 35.5 Å². The van der Waals surface area contributed by atoms with Crippen LogP contribution >= 0.6 is 11.6 Å². The minimum Gasteiger partial charge on any atom is -0.347 e. The highest BCUT2D eigenvalue weighted by Gasteiger charge is 2.36. The lowest BCUT2D eigenvalue weighted by Gasteiger charge is -2.39. The second-order valence-electron chi connectivity index (χ2n) is 5.89. The average Bonchev–Trinajstić information content (AvgIpc) is 3.10. The van der Waals surface area contributed by atoms with Crippen molar-refractivity contribution in [3.8, 4) is 0 Å². The molecule has 0 unspecified atom stereocenters. The number of aromatic amines is 1. The SMILES string of the molecule is CCN1CCN(S(=O)(=O)c2cc(Cl)ccc2C)C[C@H]1c1ncc[nH]1. The van der Waals surface area contributed by atoms with E-state index in [4.69, 9.17) is 11.6 Å². The molecule has 1 aromatic heterocycles. The number of halogens is 1. The molecule has 3 rings (SSSR count). The van der Waals surface area contributed by atoms with Crippen molar-refractivity contribution >= 4 is 21.6 Å². The molecule has 1 aromatic carbocycles. The number of piperazine rings is 1. The largest absolute Gasteiger partial charge is 0.347 e. The van der Waals surface area contributed by atoms with E-state index in [2.05, 4.69) is 21.8 Å². The van der Waals surface area contributed by atoms with Crippen LogP contribution < -0.4 is 0 Å². The van der Waals surface area contributed by atoms with Gasteiger partial charge >= 0.3 is 0 Å². The van der Waals surface area contributed by atoms with Crippen LogP contribution in [0.25, 0.3) is 0 Å². The third-order valence-corrected chi connectivity index (χ3v) is 6.71. The van der Waals surface area contributed by atoms with E-state index in [1.807, 2.05) is 0 Å². The first-order valence-corrected chi connectivity index (χ1v) is 9.75. The number of aromatic nitrogens is 2. The molecule has 0 radical (unpaired) electrons. The first kappa shape index (κ1) is 17.4. The van der Waals surface area contributed by atoms with Crippen molar-refractivity contribution in [2.45, 2.75) is 24.8 Å². The molecule has 6 nitrogen and oxygen atoms in total. The van der Waals surface area contributed by atoms with Crippen molar-refractivity contribution in [3.05, 3.63) is 47.0 Å². The average molecular weight is 369 g/mol. The summed E-state index contributed by atoms with van der Waals surface area (Å²) in [6.45, 7) is 6.20. The third-order valence-electron chi connectivity index (χ3n) is 4.46. The Balaban J connectivity index is 1.93. The zero-order valence-corrected chi connectivity index (χ0v) is 15.3. The minimum absolute atomic E-state index is 0.0759. The first-order valence-electron chi connectivity index (χ1n) is 7.93. The molecular weight excluding hydrogens is 348 g/mol. The molecule has 0 bridgehead atoms. The molecule has 8 heteroatoms. The Kier molecular flexibility index (Phi) is 4.96. The fraction of sp³-hybridized carbons (Fsp3) is 0.438. The quantitative estimate of drug-likeness (QED) is 0.899. The number of aryl methyl sites for hydroxylation is 1. The standard InChI is InChI=1S/C16H21ClN4O2S/c1-3-20-8-9-21(11-14(20)16-18-6-7-19-16)24(22,23)15-10-13(17)5-4-12(15)2/h4-7,10,14H,3,8-9,11H2,1-2H3,(H,18,19)/t14-/m0/s1. The van der Waals surface area contributed by atoms with Gasteiger partial charge in [-0.25, -0.2) is 13.4 Å². The summed E-state index contributed by atoms with van der Waals surface area (Å²) in [6, 6.07) is 4.89. The number of hydrogen-bond donors (Lipinski definition) is 1. The Morgan fingerprint density at radius 1 is 1.38 bits per heavy atom. The Bertz CT molecular complexity index is 807. The van der Waals surface area contributed by atoms with Gasteiger partial charge in [-0.05, 0) is 31.2 Å². The van der Waals surface area contributed by atoms with Gasteiger partial charge in [0.2, 0.25) is 10.0 Å². The van der Waals surface area contributed by atoms with Gasteiger partial charge in [0.05, 0.1) is 10.9 Å². The Labute approximate surface area is 147 Å². The first-order chi connectivity index (χ1) is 11.4. The number of rotatable bonds is 4. The van der Waals surface area contributed by atoms with Gasteiger partial charge in [-0.15, -0.1) is 0 Å². The van der Waals surface area contributed by atoms with Gasteiger partial charge in [-0.1, -0.05) is 24.6 Å². The highest BCUT2D eigenvalue weighted by molar-refractivity contribution is 7.89. The Morgan fingerprint density at radius 3 is 2.83 bits per heavy atom. The number of imidazole rings is 1. The van der Waals surface area contributed by atoms with Crippen LogP contribution in [0.2, 0.25) is 5.02 Å². The molecule has 130 valence electrons. The molecule has 2 heterocycles. The molecule has 1 saturated heterocycles. The summed E-state index contributed by atoms with van der Waals surface area (Å²) in [7, 11) is -3.59. The lowest BCUT2D eigenvalue weighted by atomic mass is 10.2.